The predicted molar refractivity (Wildman–Crippen MR) is 79.6 cm³/mol. The van der Waals surface area contributed by atoms with Crippen LogP contribution in [0.15, 0.2) is 30.3 Å². The third kappa shape index (κ3) is 3.33. The molecular formula is C16H20N2O2. The zero-order valence-electron chi connectivity index (χ0n) is 12.1. The molecule has 1 aromatic carbocycles. The molecule has 0 amide bonds. The molecule has 1 heterocycles. The Hall–Kier alpha value is -1.94. The SMILES string of the molecule is Cc1ccc2cc(CN[C@H](C(=O)O)C(C)C)ccc2n1. The van der Waals surface area contributed by atoms with E-state index in [2.05, 4.69) is 10.3 Å². The van der Waals surface area contributed by atoms with E-state index in [1.807, 2.05) is 51.1 Å². The Morgan fingerprint density at radius 3 is 2.70 bits per heavy atom. The van der Waals surface area contributed by atoms with Crippen molar-refractivity contribution in [3.63, 3.8) is 0 Å². The molecule has 0 aliphatic rings. The maximum absolute atomic E-state index is 11.1. The molecule has 2 aromatic rings. The van der Waals surface area contributed by atoms with Gasteiger partial charge < -0.3 is 10.4 Å². The predicted octanol–water partition coefficient (Wildman–Crippen LogP) is 2.74. The highest BCUT2D eigenvalue weighted by atomic mass is 16.4. The Morgan fingerprint density at radius 2 is 2.05 bits per heavy atom. The van der Waals surface area contributed by atoms with Gasteiger partial charge in [-0.2, -0.15) is 0 Å². The largest absolute Gasteiger partial charge is 0.480 e. The molecule has 0 fully saturated rings. The van der Waals surface area contributed by atoms with Crippen molar-refractivity contribution in [2.24, 2.45) is 5.92 Å². The lowest BCUT2D eigenvalue weighted by Crippen LogP contribution is -2.40. The van der Waals surface area contributed by atoms with Crippen LogP contribution in [0.2, 0.25) is 0 Å². The van der Waals surface area contributed by atoms with Crippen LogP contribution in [-0.2, 0) is 11.3 Å². The normalized spacial score (nSPS) is 12.8. The lowest BCUT2D eigenvalue weighted by molar-refractivity contribution is -0.140. The molecule has 0 saturated carbocycles. The van der Waals surface area contributed by atoms with E-state index in [-0.39, 0.29) is 5.92 Å². The number of aromatic nitrogens is 1. The summed E-state index contributed by atoms with van der Waals surface area (Å²) in [7, 11) is 0. The van der Waals surface area contributed by atoms with Gasteiger partial charge in [-0.15, -0.1) is 0 Å². The summed E-state index contributed by atoms with van der Waals surface area (Å²) in [5.41, 5.74) is 3.02. The molecule has 0 aliphatic heterocycles. The van der Waals surface area contributed by atoms with Crippen molar-refractivity contribution in [2.75, 3.05) is 0 Å². The average molecular weight is 272 g/mol. The van der Waals surface area contributed by atoms with Gasteiger partial charge in [0, 0.05) is 17.6 Å². The van der Waals surface area contributed by atoms with Gasteiger partial charge in [-0.3, -0.25) is 9.78 Å². The van der Waals surface area contributed by atoms with Crippen molar-refractivity contribution in [3.05, 3.63) is 41.6 Å². The second-order valence-corrected chi connectivity index (χ2v) is 5.42. The topological polar surface area (TPSA) is 62.2 Å². The number of carboxylic acids is 1. The van der Waals surface area contributed by atoms with E-state index in [0.717, 1.165) is 22.2 Å². The third-order valence-electron chi connectivity index (χ3n) is 3.35. The molecule has 0 unspecified atom stereocenters. The Bertz CT molecular complexity index is 623. The van der Waals surface area contributed by atoms with E-state index >= 15 is 0 Å². The Kier molecular flexibility index (Phi) is 4.35. The molecule has 4 heteroatoms. The summed E-state index contributed by atoms with van der Waals surface area (Å²) in [5.74, 6) is -0.754. The first-order valence-electron chi connectivity index (χ1n) is 6.80. The Labute approximate surface area is 118 Å². The van der Waals surface area contributed by atoms with Crippen molar-refractivity contribution in [3.8, 4) is 0 Å². The van der Waals surface area contributed by atoms with Crippen LogP contribution < -0.4 is 5.32 Å². The highest BCUT2D eigenvalue weighted by molar-refractivity contribution is 5.79. The van der Waals surface area contributed by atoms with E-state index in [0.29, 0.717) is 6.54 Å². The number of carbonyl (C=O) groups is 1. The number of aliphatic carboxylic acids is 1. The number of nitrogens with zero attached hydrogens (tertiary/aromatic N) is 1. The summed E-state index contributed by atoms with van der Waals surface area (Å²) in [4.78, 5) is 15.6. The summed E-state index contributed by atoms with van der Waals surface area (Å²) < 4.78 is 0. The smallest absolute Gasteiger partial charge is 0.320 e. The Morgan fingerprint density at radius 1 is 1.30 bits per heavy atom. The van der Waals surface area contributed by atoms with Gasteiger partial charge >= 0.3 is 5.97 Å². The van der Waals surface area contributed by atoms with Crippen LogP contribution in [0.4, 0.5) is 0 Å². The van der Waals surface area contributed by atoms with Gasteiger partial charge in [0.05, 0.1) is 5.52 Å². The van der Waals surface area contributed by atoms with Gasteiger partial charge in [0.15, 0.2) is 0 Å². The maximum Gasteiger partial charge on any atom is 0.320 e. The molecule has 0 spiro atoms. The Balaban J connectivity index is 2.14. The average Bonchev–Trinajstić information content (AvgIpc) is 2.38. The van der Waals surface area contributed by atoms with Crippen molar-refractivity contribution < 1.29 is 9.90 Å². The summed E-state index contributed by atoms with van der Waals surface area (Å²) in [6, 6.07) is 9.51. The third-order valence-corrected chi connectivity index (χ3v) is 3.35. The summed E-state index contributed by atoms with van der Waals surface area (Å²) in [6.07, 6.45) is 0. The monoisotopic (exact) mass is 272 g/mol. The zero-order valence-corrected chi connectivity index (χ0v) is 12.1. The van der Waals surface area contributed by atoms with Gasteiger partial charge in [-0.05, 0) is 36.6 Å². The lowest BCUT2D eigenvalue weighted by Gasteiger charge is -2.18. The first-order valence-corrected chi connectivity index (χ1v) is 6.80. The number of rotatable bonds is 5. The van der Waals surface area contributed by atoms with Crippen molar-refractivity contribution in [1.29, 1.82) is 0 Å². The van der Waals surface area contributed by atoms with E-state index in [1.54, 1.807) is 0 Å². The highest BCUT2D eigenvalue weighted by Gasteiger charge is 2.20. The second kappa shape index (κ2) is 6.01. The molecule has 1 aromatic heterocycles. The highest BCUT2D eigenvalue weighted by Crippen LogP contribution is 2.15. The number of pyridine rings is 1. The number of aryl methyl sites for hydroxylation is 1. The number of carboxylic acid groups (broad SMARTS) is 1. The van der Waals surface area contributed by atoms with E-state index in [1.165, 1.54) is 0 Å². The molecule has 0 radical (unpaired) electrons. The summed E-state index contributed by atoms with van der Waals surface area (Å²) >= 11 is 0. The quantitative estimate of drug-likeness (QED) is 0.878. The van der Waals surface area contributed by atoms with Crippen LogP contribution in [0.3, 0.4) is 0 Å². The molecule has 2 rings (SSSR count). The van der Waals surface area contributed by atoms with Crippen LogP contribution in [0.5, 0.6) is 0 Å². The number of hydrogen-bond acceptors (Lipinski definition) is 3. The molecular weight excluding hydrogens is 252 g/mol. The fourth-order valence-corrected chi connectivity index (χ4v) is 2.22. The number of fused-ring (bicyclic) bond motifs is 1. The van der Waals surface area contributed by atoms with Gasteiger partial charge in [0.1, 0.15) is 6.04 Å². The number of hydrogen-bond donors (Lipinski definition) is 2. The summed E-state index contributed by atoms with van der Waals surface area (Å²) in [6.45, 7) is 6.31. The van der Waals surface area contributed by atoms with Crippen LogP contribution in [-0.4, -0.2) is 22.1 Å². The molecule has 2 N–H and O–H groups in total. The van der Waals surface area contributed by atoms with Gasteiger partial charge in [0.25, 0.3) is 0 Å². The maximum atomic E-state index is 11.1. The van der Waals surface area contributed by atoms with E-state index in [9.17, 15) is 4.79 Å². The van der Waals surface area contributed by atoms with Crippen molar-refractivity contribution >= 4 is 16.9 Å². The fourth-order valence-electron chi connectivity index (χ4n) is 2.22. The van der Waals surface area contributed by atoms with E-state index < -0.39 is 12.0 Å². The molecule has 1 atom stereocenters. The first-order chi connectivity index (χ1) is 9.47. The van der Waals surface area contributed by atoms with Crippen LogP contribution in [0.25, 0.3) is 10.9 Å². The molecule has 0 saturated heterocycles. The van der Waals surface area contributed by atoms with E-state index in [4.69, 9.17) is 5.11 Å². The van der Waals surface area contributed by atoms with Crippen LogP contribution >= 0.6 is 0 Å². The second-order valence-electron chi connectivity index (χ2n) is 5.42. The fraction of sp³-hybridized carbons (Fsp3) is 0.375. The van der Waals surface area contributed by atoms with Crippen molar-refractivity contribution in [2.45, 2.75) is 33.4 Å². The van der Waals surface area contributed by atoms with Gasteiger partial charge in [0.2, 0.25) is 0 Å². The first kappa shape index (κ1) is 14.5. The number of benzene rings is 1. The van der Waals surface area contributed by atoms with Crippen LogP contribution in [0, 0.1) is 12.8 Å². The minimum atomic E-state index is -0.807. The van der Waals surface area contributed by atoms with Gasteiger partial charge in [-0.25, -0.2) is 0 Å². The molecule has 0 bridgehead atoms. The minimum Gasteiger partial charge on any atom is -0.480 e. The minimum absolute atomic E-state index is 0.0530. The molecule has 106 valence electrons. The molecule has 20 heavy (non-hydrogen) atoms. The molecule has 0 aliphatic carbocycles. The zero-order chi connectivity index (χ0) is 14.7. The lowest BCUT2D eigenvalue weighted by atomic mass is 10.0. The van der Waals surface area contributed by atoms with Crippen LogP contribution in [0.1, 0.15) is 25.1 Å². The van der Waals surface area contributed by atoms with Crippen molar-refractivity contribution in [1.82, 2.24) is 10.3 Å². The standard InChI is InChI=1S/C16H20N2O2/c1-10(2)15(16(19)20)17-9-12-5-7-14-13(8-12)6-4-11(3)18-14/h4-8,10,15,17H,9H2,1-3H3,(H,19,20)/t15-/m0/s1. The van der Waals surface area contributed by atoms with Gasteiger partial charge in [-0.1, -0.05) is 26.0 Å². The molecule has 4 nitrogen and oxygen atoms in total. The summed E-state index contributed by atoms with van der Waals surface area (Å²) in [5, 5.41) is 13.3. The number of nitrogens with one attached hydrogen (secondary N) is 1.